The zero-order chi connectivity index (χ0) is 12.6. The lowest BCUT2D eigenvalue weighted by Gasteiger charge is -2.26. The molecule has 1 aromatic carbocycles. The van der Waals surface area contributed by atoms with E-state index in [4.69, 9.17) is 15.2 Å². The van der Waals surface area contributed by atoms with Gasteiger partial charge in [0, 0.05) is 26.2 Å². The van der Waals surface area contributed by atoms with Crippen LogP contribution in [-0.2, 0) is 11.3 Å². The lowest BCUT2D eigenvalue weighted by molar-refractivity contribution is 0.0358. The Labute approximate surface area is 109 Å². The van der Waals surface area contributed by atoms with Gasteiger partial charge >= 0.3 is 0 Å². The first-order valence-corrected chi connectivity index (χ1v) is 6.60. The van der Waals surface area contributed by atoms with Crippen molar-refractivity contribution in [3.8, 4) is 5.75 Å². The zero-order valence-corrected chi connectivity index (χ0v) is 10.8. The molecular formula is C14H22N2O2. The summed E-state index contributed by atoms with van der Waals surface area (Å²) in [4.78, 5) is 2.42. The van der Waals surface area contributed by atoms with Gasteiger partial charge in [0.15, 0.2) is 0 Å². The van der Waals surface area contributed by atoms with E-state index in [-0.39, 0.29) is 0 Å². The predicted molar refractivity (Wildman–Crippen MR) is 71.7 cm³/mol. The molecule has 1 saturated heterocycles. The van der Waals surface area contributed by atoms with E-state index in [0.29, 0.717) is 6.54 Å². The summed E-state index contributed by atoms with van der Waals surface area (Å²) in [7, 11) is 0. The number of nitrogens with two attached hydrogens (primary N) is 1. The second-order valence-corrected chi connectivity index (χ2v) is 4.51. The van der Waals surface area contributed by atoms with Crippen LogP contribution in [0.25, 0.3) is 0 Å². The van der Waals surface area contributed by atoms with Gasteiger partial charge in [0.25, 0.3) is 0 Å². The third-order valence-electron chi connectivity index (χ3n) is 3.13. The van der Waals surface area contributed by atoms with Crippen LogP contribution in [0.3, 0.4) is 0 Å². The van der Waals surface area contributed by atoms with Crippen LogP contribution in [0.2, 0.25) is 0 Å². The van der Waals surface area contributed by atoms with E-state index in [1.54, 1.807) is 0 Å². The standard InChI is InChI=1S/C14H22N2O2/c15-12-13-3-1-4-14(11-13)18-8-2-5-16-6-9-17-10-7-16/h1,3-4,11H,2,5-10,12,15H2. The molecule has 1 heterocycles. The Morgan fingerprint density at radius 3 is 2.89 bits per heavy atom. The fourth-order valence-corrected chi connectivity index (χ4v) is 2.07. The SMILES string of the molecule is NCc1cccc(OCCCN2CCOCC2)c1. The number of nitrogens with zero attached hydrogens (tertiary/aromatic N) is 1. The van der Waals surface area contributed by atoms with E-state index < -0.39 is 0 Å². The summed E-state index contributed by atoms with van der Waals surface area (Å²) in [5, 5.41) is 0. The van der Waals surface area contributed by atoms with Crippen molar-refractivity contribution in [2.45, 2.75) is 13.0 Å². The van der Waals surface area contributed by atoms with E-state index in [1.165, 1.54) is 0 Å². The lowest BCUT2D eigenvalue weighted by Crippen LogP contribution is -2.37. The van der Waals surface area contributed by atoms with Crippen LogP contribution < -0.4 is 10.5 Å². The molecule has 2 N–H and O–H groups in total. The molecule has 18 heavy (non-hydrogen) atoms. The van der Waals surface area contributed by atoms with Crippen LogP contribution in [0.15, 0.2) is 24.3 Å². The normalized spacial score (nSPS) is 16.7. The average molecular weight is 250 g/mol. The fraction of sp³-hybridized carbons (Fsp3) is 0.571. The van der Waals surface area contributed by atoms with Gasteiger partial charge in [0.2, 0.25) is 0 Å². The maximum absolute atomic E-state index is 5.73. The van der Waals surface area contributed by atoms with Crippen molar-refractivity contribution in [1.29, 1.82) is 0 Å². The molecule has 0 aromatic heterocycles. The maximum atomic E-state index is 5.73. The highest BCUT2D eigenvalue weighted by molar-refractivity contribution is 5.28. The summed E-state index contributed by atoms with van der Waals surface area (Å²) >= 11 is 0. The molecule has 0 aliphatic carbocycles. The van der Waals surface area contributed by atoms with Crippen molar-refractivity contribution in [2.75, 3.05) is 39.5 Å². The molecule has 0 spiro atoms. The molecule has 2 rings (SSSR count). The summed E-state index contributed by atoms with van der Waals surface area (Å²) in [5.41, 5.74) is 6.71. The van der Waals surface area contributed by atoms with E-state index in [2.05, 4.69) is 4.90 Å². The molecule has 0 radical (unpaired) electrons. The molecule has 0 atom stereocenters. The van der Waals surface area contributed by atoms with Crippen molar-refractivity contribution in [3.63, 3.8) is 0 Å². The molecule has 1 aliphatic rings. The number of hydrogen-bond acceptors (Lipinski definition) is 4. The lowest BCUT2D eigenvalue weighted by atomic mass is 10.2. The Kier molecular flexibility index (Phi) is 5.45. The number of benzene rings is 1. The largest absolute Gasteiger partial charge is 0.494 e. The number of hydrogen-bond donors (Lipinski definition) is 1. The van der Waals surface area contributed by atoms with Gasteiger partial charge < -0.3 is 15.2 Å². The molecule has 1 aliphatic heterocycles. The molecule has 100 valence electrons. The van der Waals surface area contributed by atoms with E-state index >= 15 is 0 Å². The van der Waals surface area contributed by atoms with Gasteiger partial charge in [-0.25, -0.2) is 0 Å². The van der Waals surface area contributed by atoms with E-state index in [1.807, 2.05) is 24.3 Å². The Morgan fingerprint density at radius 1 is 1.28 bits per heavy atom. The summed E-state index contributed by atoms with van der Waals surface area (Å²) in [5.74, 6) is 0.917. The second kappa shape index (κ2) is 7.36. The minimum absolute atomic E-state index is 0.560. The third-order valence-corrected chi connectivity index (χ3v) is 3.13. The van der Waals surface area contributed by atoms with E-state index in [9.17, 15) is 0 Å². The maximum Gasteiger partial charge on any atom is 0.119 e. The zero-order valence-electron chi connectivity index (χ0n) is 10.8. The first kappa shape index (κ1) is 13.3. The number of morpholine rings is 1. The van der Waals surface area contributed by atoms with Gasteiger partial charge in [-0.3, -0.25) is 4.90 Å². The summed E-state index contributed by atoms with van der Waals surface area (Å²) in [6.07, 6.45) is 1.05. The van der Waals surface area contributed by atoms with Crippen molar-refractivity contribution in [2.24, 2.45) is 5.73 Å². The predicted octanol–water partition coefficient (Wildman–Crippen LogP) is 1.25. The van der Waals surface area contributed by atoms with Gasteiger partial charge in [0.1, 0.15) is 5.75 Å². The topological polar surface area (TPSA) is 47.7 Å². The van der Waals surface area contributed by atoms with Crippen molar-refractivity contribution >= 4 is 0 Å². The molecule has 0 saturated carbocycles. The summed E-state index contributed by atoms with van der Waals surface area (Å²) in [6.45, 7) is 6.21. The highest BCUT2D eigenvalue weighted by atomic mass is 16.5. The van der Waals surface area contributed by atoms with Gasteiger partial charge in [-0.2, -0.15) is 0 Å². The van der Waals surface area contributed by atoms with Crippen LogP contribution in [0.4, 0.5) is 0 Å². The van der Waals surface area contributed by atoms with Crippen LogP contribution in [0.5, 0.6) is 5.75 Å². The van der Waals surface area contributed by atoms with Crippen LogP contribution in [-0.4, -0.2) is 44.4 Å². The molecule has 4 nitrogen and oxygen atoms in total. The Morgan fingerprint density at radius 2 is 2.11 bits per heavy atom. The van der Waals surface area contributed by atoms with Crippen molar-refractivity contribution in [3.05, 3.63) is 29.8 Å². The average Bonchev–Trinajstić information content (AvgIpc) is 2.45. The molecular weight excluding hydrogens is 228 g/mol. The van der Waals surface area contributed by atoms with Crippen LogP contribution >= 0.6 is 0 Å². The quantitative estimate of drug-likeness (QED) is 0.772. The minimum Gasteiger partial charge on any atom is -0.494 e. The first-order valence-electron chi connectivity index (χ1n) is 6.60. The molecule has 0 amide bonds. The minimum atomic E-state index is 0.560. The highest BCUT2D eigenvalue weighted by Gasteiger charge is 2.09. The van der Waals surface area contributed by atoms with Crippen LogP contribution in [0, 0.1) is 0 Å². The van der Waals surface area contributed by atoms with Gasteiger partial charge in [-0.15, -0.1) is 0 Å². The van der Waals surface area contributed by atoms with E-state index in [0.717, 1.165) is 57.2 Å². The molecule has 1 aromatic rings. The Bertz CT molecular complexity index is 351. The highest BCUT2D eigenvalue weighted by Crippen LogP contribution is 2.13. The fourth-order valence-electron chi connectivity index (χ4n) is 2.07. The molecule has 0 unspecified atom stereocenters. The third kappa shape index (κ3) is 4.29. The van der Waals surface area contributed by atoms with Gasteiger partial charge in [0.05, 0.1) is 19.8 Å². The Hall–Kier alpha value is -1.10. The second-order valence-electron chi connectivity index (χ2n) is 4.51. The van der Waals surface area contributed by atoms with Crippen molar-refractivity contribution < 1.29 is 9.47 Å². The summed E-state index contributed by atoms with van der Waals surface area (Å²) in [6, 6.07) is 7.99. The monoisotopic (exact) mass is 250 g/mol. The summed E-state index contributed by atoms with van der Waals surface area (Å²) < 4.78 is 11.0. The van der Waals surface area contributed by atoms with Gasteiger partial charge in [-0.05, 0) is 24.1 Å². The smallest absolute Gasteiger partial charge is 0.119 e. The first-order chi connectivity index (χ1) is 8.88. The molecule has 0 bridgehead atoms. The Balaban J connectivity index is 1.65. The van der Waals surface area contributed by atoms with Crippen LogP contribution in [0.1, 0.15) is 12.0 Å². The number of ether oxygens (including phenoxy) is 2. The molecule has 4 heteroatoms. The van der Waals surface area contributed by atoms with Crippen molar-refractivity contribution in [1.82, 2.24) is 4.90 Å². The molecule has 1 fully saturated rings. The number of rotatable bonds is 6. The van der Waals surface area contributed by atoms with Gasteiger partial charge in [-0.1, -0.05) is 12.1 Å².